The van der Waals surface area contributed by atoms with Gasteiger partial charge in [0.15, 0.2) is 5.96 Å². The molecule has 0 saturated carbocycles. The lowest BCUT2D eigenvalue weighted by molar-refractivity contribution is 0.507. The Kier molecular flexibility index (Phi) is 7.66. The van der Waals surface area contributed by atoms with Gasteiger partial charge in [0.2, 0.25) is 10.0 Å². The number of halogens is 1. The van der Waals surface area contributed by atoms with Crippen LogP contribution in [0.5, 0.6) is 0 Å². The first kappa shape index (κ1) is 20.8. The molecule has 0 radical (unpaired) electrons. The summed E-state index contributed by atoms with van der Waals surface area (Å²) in [6, 6.07) is 7.93. The smallest absolute Gasteiger partial charge is 0.234 e. The highest BCUT2D eigenvalue weighted by Gasteiger charge is 2.11. The minimum atomic E-state index is -3.63. The number of benzene rings is 1. The Morgan fingerprint density at radius 1 is 1.26 bits per heavy atom. The van der Waals surface area contributed by atoms with Crippen LogP contribution in [0, 0.1) is 12.7 Å². The molecule has 1 aromatic carbocycles. The van der Waals surface area contributed by atoms with Gasteiger partial charge >= 0.3 is 0 Å². The highest BCUT2D eigenvalue weighted by Crippen LogP contribution is 2.14. The van der Waals surface area contributed by atoms with Gasteiger partial charge in [0.1, 0.15) is 11.6 Å². The molecule has 0 atom stereocenters. The maximum Gasteiger partial charge on any atom is 0.234 e. The SMILES string of the molecule is CCNC(=NCCS(=O)(=O)Nc1ccc(C)c(F)c1)NCCc1ccco1. The van der Waals surface area contributed by atoms with Crippen molar-refractivity contribution in [2.75, 3.05) is 30.1 Å². The second-order valence-corrected chi connectivity index (χ2v) is 7.74. The highest BCUT2D eigenvalue weighted by molar-refractivity contribution is 7.92. The van der Waals surface area contributed by atoms with E-state index in [2.05, 4.69) is 20.3 Å². The molecule has 2 rings (SSSR count). The van der Waals surface area contributed by atoms with Gasteiger partial charge in [0.05, 0.1) is 24.2 Å². The summed E-state index contributed by atoms with van der Waals surface area (Å²) in [4.78, 5) is 4.26. The van der Waals surface area contributed by atoms with E-state index in [0.29, 0.717) is 31.0 Å². The van der Waals surface area contributed by atoms with Gasteiger partial charge in [-0.25, -0.2) is 12.8 Å². The maximum absolute atomic E-state index is 13.5. The summed E-state index contributed by atoms with van der Waals surface area (Å²) in [5.74, 6) is 0.719. The summed E-state index contributed by atoms with van der Waals surface area (Å²) >= 11 is 0. The van der Waals surface area contributed by atoms with Crippen LogP contribution in [-0.2, 0) is 16.4 Å². The molecule has 1 aromatic heterocycles. The molecular weight excluding hydrogens is 371 g/mol. The Balaban J connectivity index is 1.85. The molecule has 7 nitrogen and oxygen atoms in total. The van der Waals surface area contributed by atoms with Crippen molar-refractivity contribution in [2.24, 2.45) is 4.99 Å². The zero-order valence-corrected chi connectivity index (χ0v) is 16.3. The summed E-state index contributed by atoms with van der Waals surface area (Å²) in [6.45, 7) is 4.87. The Morgan fingerprint density at radius 3 is 2.74 bits per heavy atom. The normalized spacial score (nSPS) is 12.0. The van der Waals surface area contributed by atoms with Crippen molar-refractivity contribution in [2.45, 2.75) is 20.3 Å². The fourth-order valence-electron chi connectivity index (χ4n) is 2.27. The number of aryl methyl sites for hydroxylation is 1. The number of hydrogen-bond acceptors (Lipinski definition) is 4. The Bertz CT molecular complexity index is 851. The Morgan fingerprint density at radius 2 is 2.07 bits per heavy atom. The molecule has 27 heavy (non-hydrogen) atoms. The molecule has 1 heterocycles. The number of nitrogens with zero attached hydrogens (tertiary/aromatic N) is 1. The number of nitrogens with one attached hydrogen (secondary N) is 3. The molecule has 0 aliphatic carbocycles. The number of anilines is 1. The molecule has 3 N–H and O–H groups in total. The fraction of sp³-hybridized carbons (Fsp3) is 0.389. The first-order chi connectivity index (χ1) is 12.9. The minimum Gasteiger partial charge on any atom is -0.469 e. The minimum absolute atomic E-state index is 0.0692. The molecule has 9 heteroatoms. The predicted octanol–water partition coefficient (Wildman–Crippen LogP) is 2.27. The zero-order chi connectivity index (χ0) is 19.7. The number of furan rings is 1. The first-order valence-electron chi connectivity index (χ1n) is 8.71. The van der Waals surface area contributed by atoms with E-state index in [1.807, 2.05) is 19.1 Å². The molecule has 0 bridgehead atoms. The lowest BCUT2D eigenvalue weighted by atomic mass is 10.2. The molecule has 0 saturated heterocycles. The average molecular weight is 396 g/mol. The van der Waals surface area contributed by atoms with Gasteiger partial charge in [0, 0.05) is 19.5 Å². The summed E-state index contributed by atoms with van der Waals surface area (Å²) in [5.41, 5.74) is 0.656. The van der Waals surface area contributed by atoms with Crippen molar-refractivity contribution in [3.8, 4) is 0 Å². The summed E-state index contributed by atoms with van der Waals surface area (Å²) in [5, 5.41) is 6.18. The van der Waals surface area contributed by atoms with Gasteiger partial charge in [0.25, 0.3) is 0 Å². The monoisotopic (exact) mass is 396 g/mol. The van der Waals surface area contributed by atoms with Crippen LogP contribution in [-0.4, -0.2) is 39.8 Å². The van der Waals surface area contributed by atoms with E-state index < -0.39 is 15.8 Å². The van der Waals surface area contributed by atoms with Crippen molar-refractivity contribution < 1.29 is 17.2 Å². The number of guanidine groups is 1. The molecular formula is C18H25FN4O3S. The van der Waals surface area contributed by atoms with Gasteiger partial charge in [-0.2, -0.15) is 0 Å². The van der Waals surface area contributed by atoms with Crippen molar-refractivity contribution >= 4 is 21.7 Å². The van der Waals surface area contributed by atoms with E-state index in [1.54, 1.807) is 13.2 Å². The molecule has 0 fully saturated rings. The van der Waals surface area contributed by atoms with Crippen molar-refractivity contribution in [3.63, 3.8) is 0 Å². The fourth-order valence-corrected chi connectivity index (χ4v) is 3.19. The standard InChI is InChI=1S/C18H25FN4O3S/c1-3-20-18(21-9-8-16-5-4-11-26-16)22-10-12-27(24,25)23-15-7-6-14(2)17(19)13-15/h4-7,11,13,23H,3,8-10,12H2,1-2H3,(H2,20,21,22). The van der Waals surface area contributed by atoms with Gasteiger partial charge in [-0.05, 0) is 43.7 Å². The molecule has 0 amide bonds. The van der Waals surface area contributed by atoms with Crippen LogP contribution in [0.25, 0.3) is 0 Å². The predicted molar refractivity (Wildman–Crippen MR) is 105 cm³/mol. The van der Waals surface area contributed by atoms with Crippen LogP contribution in [0.15, 0.2) is 46.0 Å². The first-order valence-corrected chi connectivity index (χ1v) is 10.4. The van der Waals surface area contributed by atoms with Crippen LogP contribution < -0.4 is 15.4 Å². The lowest BCUT2D eigenvalue weighted by Crippen LogP contribution is -2.38. The van der Waals surface area contributed by atoms with Crippen LogP contribution in [0.2, 0.25) is 0 Å². The van der Waals surface area contributed by atoms with Crippen LogP contribution in [0.3, 0.4) is 0 Å². The van der Waals surface area contributed by atoms with Gasteiger partial charge in [-0.15, -0.1) is 0 Å². The van der Waals surface area contributed by atoms with Gasteiger partial charge in [-0.3, -0.25) is 9.71 Å². The second kappa shape index (κ2) is 9.96. The number of hydrogen-bond donors (Lipinski definition) is 3. The third-order valence-corrected chi connectivity index (χ3v) is 4.93. The van der Waals surface area contributed by atoms with E-state index >= 15 is 0 Å². The molecule has 0 spiro atoms. The third-order valence-electron chi connectivity index (χ3n) is 3.66. The molecule has 148 valence electrons. The molecule has 0 aliphatic rings. The molecule has 0 aliphatic heterocycles. The maximum atomic E-state index is 13.5. The van der Waals surface area contributed by atoms with Crippen LogP contribution >= 0.6 is 0 Å². The molecule has 2 aromatic rings. The quantitative estimate of drug-likeness (QED) is 0.446. The average Bonchev–Trinajstić information content (AvgIpc) is 3.11. The van der Waals surface area contributed by atoms with E-state index in [9.17, 15) is 12.8 Å². The number of rotatable bonds is 9. The third kappa shape index (κ3) is 7.30. The highest BCUT2D eigenvalue weighted by atomic mass is 32.2. The summed E-state index contributed by atoms with van der Waals surface area (Å²) in [7, 11) is -3.63. The number of aliphatic imine (C=N–C) groups is 1. The van der Waals surface area contributed by atoms with E-state index in [4.69, 9.17) is 4.42 Å². The van der Waals surface area contributed by atoms with Crippen molar-refractivity contribution in [1.29, 1.82) is 0 Å². The largest absolute Gasteiger partial charge is 0.469 e. The van der Waals surface area contributed by atoms with Gasteiger partial charge in [-0.1, -0.05) is 6.07 Å². The van der Waals surface area contributed by atoms with Crippen LogP contribution in [0.4, 0.5) is 10.1 Å². The van der Waals surface area contributed by atoms with E-state index in [0.717, 1.165) is 11.8 Å². The van der Waals surface area contributed by atoms with Crippen molar-refractivity contribution in [3.05, 3.63) is 53.7 Å². The van der Waals surface area contributed by atoms with Crippen molar-refractivity contribution in [1.82, 2.24) is 10.6 Å². The zero-order valence-electron chi connectivity index (χ0n) is 15.5. The topological polar surface area (TPSA) is 95.7 Å². The Labute approximate surface area is 159 Å². The second-order valence-electron chi connectivity index (χ2n) is 5.90. The Hall–Kier alpha value is -2.55. The van der Waals surface area contributed by atoms with Crippen LogP contribution in [0.1, 0.15) is 18.2 Å². The van der Waals surface area contributed by atoms with Gasteiger partial charge < -0.3 is 15.1 Å². The van der Waals surface area contributed by atoms with E-state index in [1.165, 1.54) is 12.1 Å². The summed E-state index contributed by atoms with van der Waals surface area (Å²) in [6.07, 6.45) is 2.31. The lowest BCUT2D eigenvalue weighted by Gasteiger charge is -2.11. The number of sulfonamides is 1. The summed E-state index contributed by atoms with van der Waals surface area (Å²) < 4.78 is 45.5. The molecule has 0 unspecified atom stereocenters. The van der Waals surface area contributed by atoms with E-state index in [-0.39, 0.29) is 18.0 Å².